The highest BCUT2D eigenvalue weighted by Gasteiger charge is 2.26. The van der Waals surface area contributed by atoms with E-state index < -0.39 is 0 Å². The van der Waals surface area contributed by atoms with Crippen LogP contribution in [0.2, 0.25) is 0 Å². The van der Waals surface area contributed by atoms with Crippen LogP contribution in [-0.4, -0.2) is 16.5 Å². The smallest absolute Gasteiger partial charge is 0.0558 e. The van der Waals surface area contributed by atoms with Gasteiger partial charge in [0.05, 0.1) is 6.04 Å². The van der Waals surface area contributed by atoms with Crippen molar-refractivity contribution in [3.63, 3.8) is 0 Å². The highest BCUT2D eigenvalue weighted by Crippen LogP contribution is 2.35. The number of rotatable bonds is 2. The summed E-state index contributed by atoms with van der Waals surface area (Å²) in [5.41, 5.74) is 3.66. The van der Waals surface area contributed by atoms with Crippen molar-refractivity contribution in [1.82, 2.24) is 9.97 Å². The SMILES string of the molecule is Cc1cc(N2CCCC2c2cccnc2)ccn1. The van der Waals surface area contributed by atoms with Gasteiger partial charge in [-0.25, -0.2) is 0 Å². The third kappa shape index (κ3) is 2.08. The van der Waals surface area contributed by atoms with Gasteiger partial charge in [-0.3, -0.25) is 9.97 Å². The molecule has 0 aliphatic carbocycles. The van der Waals surface area contributed by atoms with Crippen LogP contribution in [0.5, 0.6) is 0 Å². The maximum Gasteiger partial charge on any atom is 0.0558 e. The first-order valence-electron chi connectivity index (χ1n) is 6.44. The molecule has 0 amide bonds. The van der Waals surface area contributed by atoms with E-state index in [0.29, 0.717) is 6.04 Å². The molecule has 1 atom stereocenters. The van der Waals surface area contributed by atoms with Gasteiger partial charge >= 0.3 is 0 Å². The van der Waals surface area contributed by atoms with E-state index in [9.17, 15) is 0 Å². The molecule has 0 bridgehead atoms. The average molecular weight is 239 g/mol. The second kappa shape index (κ2) is 4.77. The predicted molar refractivity (Wildman–Crippen MR) is 72.5 cm³/mol. The van der Waals surface area contributed by atoms with Crippen LogP contribution in [-0.2, 0) is 0 Å². The average Bonchev–Trinajstić information content (AvgIpc) is 2.89. The minimum Gasteiger partial charge on any atom is -0.364 e. The molecule has 1 unspecified atom stereocenters. The van der Waals surface area contributed by atoms with Crippen molar-refractivity contribution >= 4 is 5.69 Å². The van der Waals surface area contributed by atoms with Crippen LogP contribution in [0.25, 0.3) is 0 Å². The molecule has 1 aliphatic heterocycles. The second-order valence-corrected chi connectivity index (χ2v) is 4.79. The summed E-state index contributed by atoms with van der Waals surface area (Å²) < 4.78 is 0. The molecule has 0 saturated carbocycles. The van der Waals surface area contributed by atoms with Gasteiger partial charge in [0.25, 0.3) is 0 Å². The summed E-state index contributed by atoms with van der Waals surface area (Å²) in [4.78, 5) is 11.0. The summed E-state index contributed by atoms with van der Waals surface area (Å²) in [6.45, 7) is 3.15. The van der Waals surface area contributed by atoms with E-state index in [1.54, 1.807) is 0 Å². The first-order chi connectivity index (χ1) is 8.84. The van der Waals surface area contributed by atoms with E-state index in [1.165, 1.54) is 24.1 Å². The zero-order chi connectivity index (χ0) is 12.4. The van der Waals surface area contributed by atoms with E-state index in [-0.39, 0.29) is 0 Å². The lowest BCUT2D eigenvalue weighted by Gasteiger charge is -2.27. The summed E-state index contributed by atoms with van der Waals surface area (Å²) in [5, 5.41) is 0. The fourth-order valence-electron chi connectivity index (χ4n) is 2.70. The van der Waals surface area contributed by atoms with Crippen molar-refractivity contribution in [2.24, 2.45) is 0 Å². The predicted octanol–water partition coefficient (Wildman–Crippen LogP) is 3.13. The number of hydrogen-bond acceptors (Lipinski definition) is 3. The topological polar surface area (TPSA) is 29.0 Å². The van der Waals surface area contributed by atoms with Crippen LogP contribution < -0.4 is 4.90 Å². The monoisotopic (exact) mass is 239 g/mol. The first kappa shape index (κ1) is 11.2. The molecule has 1 saturated heterocycles. The Bertz CT molecular complexity index is 524. The molecule has 2 aromatic rings. The van der Waals surface area contributed by atoms with Crippen LogP contribution in [0.1, 0.15) is 30.1 Å². The molecule has 1 fully saturated rings. The van der Waals surface area contributed by atoms with Crippen molar-refractivity contribution < 1.29 is 0 Å². The lowest BCUT2D eigenvalue weighted by atomic mass is 10.1. The Hall–Kier alpha value is -1.90. The van der Waals surface area contributed by atoms with Gasteiger partial charge in [-0.05, 0) is 43.5 Å². The van der Waals surface area contributed by atoms with Gasteiger partial charge in [0.2, 0.25) is 0 Å². The quantitative estimate of drug-likeness (QED) is 0.806. The Morgan fingerprint density at radius 1 is 1.28 bits per heavy atom. The molecule has 3 rings (SSSR count). The number of nitrogens with zero attached hydrogens (tertiary/aromatic N) is 3. The van der Waals surface area contributed by atoms with Gasteiger partial charge in [-0.1, -0.05) is 6.07 Å². The number of aromatic nitrogens is 2. The fourth-order valence-corrected chi connectivity index (χ4v) is 2.70. The van der Waals surface area contributed by atoms with Crippen molar-refractivity contribution in [3.8, 4) is 0 Å². The number of anilines is 1. The Kier molecular flexibility index (Phi) is 2.97. The van der Waals surface area contributed by atoms with Gasteiger partial charge in [-0.15, -0.1) is 0 Å². The van der Waals surface area contributed by atoms with Crippen LogP contribution in [0.3, 0.4) is 0 Å². The van der Waals surface area contributed by atoms with E-state index in [1.807, 2.05) is 31.6 Å². The highest BCUT2D eigenvalue weighted by molar-refractivity contribution is 5.50. The van der Waals surface area contributed by atoms with Crippen molar-refractivity contribution in [1.29, 1.82) is 0 Å². The lowest BCUT2D eigenvalue weighted by Crippen LogP contribution is -2.22. The molecule has 0 aromatic carbocycles. The van der Waals surface area contributed by atoms with Crippen LogP contribution in [0, 0.1) is 6.92 Å². The normalized spacial score (nSPS) is 19.2. The summed E-state index contributed by atoms with van der Waals surface area (Å²) in [6, 6.07) is 8.91. The van der Waals surface area contributed by atoms with E-state index in [2.05, 4.69) is 33.1 Å². The fraction of sp³-hybridized carbons (Fsp3) is 0.333. The van der Waals surface area contributed by atoms with Crippen LogP contribution in [0.15, 0.2) is 42.9 Å². The molecule has 1 aliphatic rings. The van der Waals surface area contributed by atoms with Crippen LogP contribution >= 0.6 is 0 Å². The Labute approximate surface area is 108 Å². The van der Waals surface area contributed by atoms with Gasteiger partial charge in [0, 0.05) is 36.5 Å². The third-order valence-corrected chi connectivity index (χ3v) is 3.53. The maximum atomic E-state index is 4.27. The molecular weight excluding hydrogens is 222 g/mol. The minimum absolute atomic E-state index is 0.459. The molecule has 3 heterocycles. The molecule has 3 nitrogen and oxygen atoms in total. The Balaban J connectivity index is 1.92. The molecular formula is C15H17N3. The summed E-state index contributed by atoms with van der Waals surface area (Å²) in [7, 11) is 0. The van der Waals surface area contributed by atoms with Gasteiger partial charge in [-0.2, -0.15) is 0 Å². The van der Waals surface area contributed by atoms with Gasteiger partial charge < -0.3 is 4.90 Å². The summed E-state index contributed by atoms with van der Waals surface area (Å²) >= 11 is 0. The van der Waals surface area contributed by atoms with Crippen LogP contribution in [0.4, 0.5) is 5.69 Å². The minimum atomic E-state index is 0.459. The van der Waals surface area contributed by atoms with E-state index in [0.717, 1.165) is 12.2 Å². The van der Waals surface area contributed by atoms with E-state index in [4.69, 9.17) is 0 Å². The second-order valence-electron chi connectivity index (χ2n) is 4.79. The van der Waals surface area contributed by atoms with Crippen molar-refractivity contribution in [2.45, 2.75) is 25.8 Å². The Morgan fingerprint density at radius 3 is 3.00 bits per heavy atom. The first-order valence-corrected chi connectivity index (χ1v) is 6.44. The summed E-state index contributed by atoms with van der Waals surface area (Å²) in [5.74, 6) is 0. The van der Waals surface area contributed by atoms with E-state index >= 15 is 0 Å². The standard InChI is InChI=1S/C15H17N3/c1-12-10-14(6-8-17-12)18-9-3-5-15(18)13-4-2-7-16-11-13/h2,4,6-8,10-11,15H,3,5,9H2,1H3. The molecule has 3 heteroatoms. The number of hydrogen-bond donors (Lipinski definition) is 0. The number of aryl methyl sites for hydroxylation is 1. The largest absolute Gasteiger partial charge is 0.364 e. The molecule has 2 aromatic heterocycles. The highest BCUT2D eigenvalue weighted by atomic mass is 15.2. The zero-order valence-corrected chi connectivity index (χ0v) is 10.6. The maximum absolute atomic E-state index is 4.27. The lowest BCUT2D eigenvalue weighted by molar-refractivity contribution is 0.715. The summed E-state index contributed by atoms with van der Waals surface area (Å²) in [6.07, 6.45) is 8.15. The molecule has 0 N–H and O–H groups in total. The molecule has 0 spiro atoms. The number of pyridine rings is 2. The Morgan fingerprint density at radius 2 is 2.22 bits per heavy atom. The molecule has 18 heavy (non-hydrogen) atoms. The van der Waals surface area contributed by atoms with Crippen molar-refractivity contribution in [2.75, 3.05) is 11.4 Å². The van der Waals surface area contributed by atoms with Gasteiger partial charge in [0.1, 0.15) is 0 Å². The molecule has 0 radical (unpaired) electrons. The van der Waals surface area contributed by atoms with Crippen molar-refractivity contribution in [3.05, 3.63) is 54.1 Å². The zero-order valence-electron chi connectivity index (χ0n) is 10.6. The third-order valence-electron chi connectivity index (χ3n) is 3.53. The van der Waals surface area contributed by atoms with Gasteiger partial charge in [0.15, 0.2) is 0 Å². The molecule has 92 valence electrons.